The monoisotopic (exact) mass is 260 g/mol. The minimum atomic E-state index is 0.575. The summed E-state index contributed by atoms with van der Waals surface area (Å²) in [6.07, 6.45) is 3.47. The van der Waals surface area contributed by atoms with Crippen LogP contribution in [0.2, 0.25) is 0 Å². The van der Waals surface area contributed by atoms with Crippen LogP contribution < -0.4 is 5.32 Å². The number of likely N-dealkylation sites (N-methyl/N-ethyl adjacent to an activating group) is 1. The predicted octanol–water partition coefficient (Wildman–Crippen LogP) is 3.08. The van der Waals surface area contributed by atoms with Gasteiger partial charge in [0.05, 0.1) is 0 Å². The van der Waals surface area contributed by atoms with E-state index in [-0.39, 0.29) is 0 Å². The lowest BCUT2D eigenvalue weighted by Gasteiger charge is -2.36. The van der Waals surface area contributed by atoms with E-state index in [1.54, 1.807) is 0 Å². The zero-order valence-corrected chi connectivity index (χ0v) is 13.6. The van der Waals surface area contributed by atoms with Crippen LogP contribution >= 0.6 is 11.8 Å². The molecule has 0 aliphatic heterocycles. The Morgan fingerprint density at radius 3 is 2.12 bits per heavy atom. The van der Waals surface area contributed by atoms with Gasteiger partial charge in [0, 0.05) is 24.7 Å². The summed E-state index contributed by atoms with van der Waals surface area (Å²) in [5, 5.41) is 3.57. The van der Waals surface area contributed by atoms with Crippen LogP contribution in [0.5, 0.6) is 0 Å². The third-order valence-corrected chi connectivity index (χ3v) is 4.11. The van der Waals surface area contributed by atoms with E-state index >= 15 is 0 Å². The van der Waals surface area contributed by atoms with E-state index in [0.717, 1.165) is 6.54 Å². The van der Waals surface area contributed by atoms with Crippen molar-refractivity contribution in [3.63, 3.8) is 0 Å². The molecule has 0 rings (SSSR count). The zero-order valence-electron chi connectivity index (χ0n) is 12.8. The Kier molecular flexibility index (Phi) is 9.38. The largest absolute Gasteiger partial charge is 0.313 e. The van der Waals surface area contributed by atoms with Gasteiger partial charge in [-0.15, -0.1) is 0 Å². The van der Waals surface area contributed by atoms with Crippen molar-refractivity contribution in [1.29, 1.82) is 0 Å². The fourth-order valence-corrected chi connectivity index (χ4v) is 2.60. The Bertz CT molecular complexity index is 183. The van der Waals surface area contributed by atoms with Crippen LogP contribution in [0.15, 0.2) is 0 Å². The van der Waals surface area contributed by atoms with Gasteiger partial charge in [-0.05, 0) is 38.3 Å². The van der Waals surface area contributed by atoms with E-state index in [1.807, 2.05) is 11.8 Å². The molecule has 0 aliphatic carbocycles. The second-order valence-corrected chi connectivity index (χ2v) is 6.66. The highest BCUT2D eigenvalue weighted by Gasteiger charge is 2.22. The van der Waals surface area contributed by atoms with Crippen LogP contribution in [0, 0.1) is 5.92 Å². The summed E-state index contributed by atoms with van der Waals surface area (Å²) in [6, 6.07) is 1.88. The van der Waals surface area contributed by atoms with Crippen molar-refractivity contribution in [3.8, 4) is 0 Å². The van der Waals surface area contributed by atoms with Gasteiger partial charge in [0.15, 0.2) is 0 Å². The van der Waals surface area contributed by atoms with Gasteiger partial charge >= 0.3 is 0 Å². The minimum Gasteiger partial charge on any atom is -0.313 e. The summed E-state index contributed by atoms with van der Waals surface area (Å²) in [5.74, 6) is 1.96. The van der Waals surface area contributed by atoms with Crippen molar-refractivity contribution in [2.24, 2.45) is 5.92 Å². The van der Waals surface area contributed by atoms with Crippen molar-refractivity contribution >= 4 is 11.8 Å². The van der Waals surface area contributed by atoms with Gasteiger partial charge in [0.1, 0.15) is 0 Å². The molecule has 2 unspecified atom stereocenters. The number of hydrogen-bond acceptors (Lipinski definition) is 3. The van der Waals surface area contributed by atoms with Gasteiger partial charge in [0.25, 0.3) is 0 Å². The zero-order chi connectivity index (χ0) is 13.4. The van der Waals surface area contributed by atoms with Crippen LogP contribution in [0.3, 0.4) is 0 Å². The lowest BCUT2D eigenvalue weighted by atomic mass is 10.0. The number of nitrogens with one attached hydrogen (secondary N) is 1. The summed E-state index contributed by atoms with van der Waals surface area (Å²) in [7, 11) is 2.28. The molecule has 0 aromatic carbocycles. The van der Waals surface area contributed by atoms with Crippen molar-refractivity contribution in [2.75, 3.05) is 25.6 Å². The number of thioether (sulfide) groups is 1. The molecule has 0 aromatic rings. The molecule has 2 atom stereocenters. The molecule has 3 heteroatoms. The normalized spacial score (nSPS) is 15.9. The van der Waals surface area contributed by atoms with Crippen LogP contribution in [0.1, 0.15) is 41.0 Å². The SMILES string of the molecule is CSCCC(C)N(C)C(CNC(C)C)C(C)C. The van der Waals surface area contributed by atoms with E-state index in [2.05, 4.69) is 58.1 Å². The van der Waals surface area contributed by atoms with Crippen LogP contribution in [-0.2, 0) is 0 Å². The van der Waals surface area contributed by atoms with Crippen molar-refractivity contribution in [3.05, 3.63) is 0 Å². The molecule has 17 heavy (non-hydrogen) atoms. The molecular weight excluding hydrogens is 228 g/mol. The first-order chi connectivity index (χ1) is 7.90. The van der Waals surface area contributed by atoms with Crippen molar-refractivity contribution < 1.29 is 0 Å². The minimum absolute atomic E-state index is 0.575. The average Bonchev–Trinajstić information content (AvgIpc) is 2.24. The summed E-state index contributed by atoms with van der Waals surface area (Å²) < 4.78 is 0. The molecule has 104 valence electrons. The maximum atomic E-state index is 3.57. The van der Waals surface area contributed by atoms with E-state index < -0.39 is 0 Å². The number of rotatable bonds is 9. The molecular formula is C14H32N2S. The second-order valence-electron chi connectivity index (χ2n) is 5.67. The standard InChI is InChI=1S/C14H32N2S/c1-11(2)14(10-15-12(3)4)16(6)13(5)8-9-17-7/h11-15H,8-10H2,1-7H3. The lowest BCUT2D eigenvalue weighted by molar-refractivity contribution is 0.137. The molecule has 0 heterocycles. The Hall–Kier alpha value is 0.270. The summed E-state index contributed by atoms with van der Waals surface area (Å²) in [6.45, 7) is 12.5. The topological polar surface area (TPSA) is 15.3 Å². The van der Waals surface area contributed by atoms with E-state index in [9.17, 15) is 0 Å². The predicted molar refractivity (Wildman–Crippen MR) is 82.0 cm³/mol. The van der Waals surface area contributed by atoms with Gasteiger partial charge in [-0.1, -0.05) is 27.7 Å². The molecule has 0 saturated carbocycles. The Morgan fingerprint density at radius 2 is 1.71 bits per heavy atom. The quantitative estimate of drug-likeness (QED) is 0.686. The van der Waals surface area contributed by atoms with Gasteiger partial charge in [0.2, 0.25) is 0 Å². The first-order valence-corrected chi connectivity index (χ1v) is 8.23. The molecule has 1 N–H and O–H groups in total. The summed E-state index contributed by atoms with van der Waals surface area (Å²) in [5.41, 5.74) is 0. The molecule has 0 radical (unpaired) electrons. The van der Waals surface area contributed by atoms with Gasteiger partial charge in [-0.25, -0.2) is 0 Å². The highest BCUT2D eigenvalue weighted by Crippen LogP contribution is 2.15. The summed E-state index contributed by atoms with van der Waals surface area (Å²) >= 11 is 1.94. The molecule has 0 amide bonds. The van der Waals surface area contributed by atoms with E-state index in [0.29, 0.717) is 24.0 Å². The molecule has 0 bridgehead atoms. The molecule has 0 spiro atoms. The van der Waals surface area contributed by atoms with Crippen LogP contribution in [-0.4, -0.2) is 48.6 Å². The maximum absolute atomic E-state index is 3.57. The number of nitrogens with zero attached hydrogens (tertiary/aromatic N) is 1. The van der Waals surface area contributed by atoms with Gasteiger partial charge in [-0.3, -0.25) is 4.90 Å². The first-order valence-electron chi connectivity index (χ1n) is 6.84. The Balaban J connectivity index is 4.26. The first kappa shape index (κ1) is 17.3. The highest BCUT2D eigenvalue weighted by atomic mass is 32.2. The third-order valence-electron chi connectivity index (χ3n) is 3.46. The van der Waals surface area contributed by atoms with Gasteiger partial charge < -0.3 is 5.32 Å². The Labute approximate surface area is 113 Å². The van der Waals surface area contributed by atoms with Crippen molar-refractivity contribution in [2.45, 2.75) is 59.2 Å². The van der Waals surface area contributed by atoms with Gasteiger partial charge in [-0.2, -0.15) is 11.8 Å². The van der Waals surface area contributed by atoms with Crippen LogP contribution in [0.4, 0.5) is 0 Å². The number of hydrogen-bond donors (Lipinski definition) is 1. The van der Waals surface area contributed by atoms with Crippen LogP contribution in [0.25, 0.3) is 0 Å². The molecule has 0 aliphatic rings. The van der Waals surface area contributed by atoms with E-state index in [4.69, 9.17) is 0 Å². The fraction of sp³-hybridized carbons (Fsp3) is 1.00. The average molecular weight is 260 g/mol. The third kappa shape index (κ3) is 7.32. The lowest BCUT2D eigenvalue weighted by Crippen LogP contribution is -2.48. The second kappa shape index (κ2) is 9.23. The molecule has 0 aromatic heterocycles. The summed E-state index contributed by atoms with van der Waals surface area (Å²) in [4.78, 5) is 2.55. The fourth-order valence-electron chi connectivity index (χ4n) is 2.03. The van der Waals surface area contributed by atoms with E-state index in [1.165, 1.54) is 12.2 Å². The smallest absolute Gasteiger partial charge is 0.0243 e. The Morgan fingerprint density at radius 1 is 1.12 bits per heavy atom. The highest BCUT2D eigenvalue weighted by molar-refractivity contribution is 7.98. The molecule has 0 saturated heterocycles. The maximum Gasteiger partial charge on any atom is 0.0243 e. The van der Waals surface area contributed by atoms with Crippen molar-refractivity contribution in [1.82, 2.24) is 10.2 Å². The molecule has 2 nitrogen and oxygen atoms in total. The molecule has 0 fully saturated rings.